The minimum absolute atomic E-state index is 0.776. The van der Waals surface area contributed by atoms with Crippen molar-refractivity contribution in [3.05, 3.63) is 46.8 Å². The summed E-state index contributed by atoms with van der Waals surface area (Å²) in [6.07, 6.45) is 8.24. The number of hydrogen-bond acceptors (Lipinski definition) is 1. The molecule has 0 spiro atoms. The Bertz CT molecular complexity index is 936. The molecule has 0 amide bonds. The van der Waals surface area contributed by atoms with Crippen molar-refractivity contribution in [2.45, 2.75) is 46.0 Å². The van der Waals surface area contributed by atoms with E-state index in [1.165, 1.54) is 51.8 Å². The van der Waals surface area contributed by atoms with E-state index in [4.69, 9.17) is 0 Å². The summed E-state index contributed by atoms with van der Waals surface area (Å²) < 4.78 is 1.97. The fraction of sp³-hybridized carbons (Fsp3) is 0.381. The van der Waals surface area contributed by atoms with E-state index in [2.05, 4.69) is 61.2 Å². The molecule has 3 heteroatoms. The van der Waals surface area contributed by atoms with Crippen molar-refractivity contribution in [3.63, 3.8) is 0 Å². The predicted molar refractivity (Wildman–Crippen MR) is 101 cm³/mol. The number of nitrogens with one attached hydrogen (secondary N) is 1. The van der Waals surface area contributed by atoms with Gasteiger partial charge in [-0.05, 0) is 56.7 Å². The van der Waals surface area contributed by atoms with Crippen molar-refractivity contribution in [1.29, 1.82) is 0 Å². The normalized spacial score (nSPS) is 15.0. The van der Waals surface area contributed by atoms with Crippen molar-refractivity contribution in [3.8, 4) is 11.3 Å². The first-order chi connectivity index (χ1) is 11.6. The molecule has 1 saturated carbocycles. The molecular weight excluding hydrogens is 294 g/mol. The summed E-state index contributed by atoms with van der Waals surface area (Å²) in [5.74, 6) is 0.776. The lowest BCUT2D eigenvalue weighted by molar-refractivity contribution is 0.731. The lowest BCUT2D eigenvalue weighted by Gasteiger charge is -2.03. The molecule has 0 unspecified atom stereocenters. The van der Waals surface area contributed by atoms with Crippen molar-refractivity contribution in [2.24, 2.45) is 7.05 Å². The quantitative estimate of drug-likeness (QED) is 0.678. The summed E-state index contributed by atoms with van der Waals surface area (Å²) in [5, 5.41) is 5.94. The number of allylic oxidation sites excluding steroid dienone is 1. The Kier molecular flexibility index (Phi) is 3.60. The zero-order valence-electron chi connectivity index (χ0n) is 15.0. The van der Waals surface area contributed by atoms with Gasteiger partial charge in [0.15, 0.2) is 0 Å². The highest BCUT2D eigenvalue weighted by Crippen LogP contribution is 2.42. The van der Waals surface area contributed by atoms with Gasteiger partial charge in [0.25, 0.3) is 0 Å². The Morgan fingerprint density at radius 1 is 1.29 bits per heavy atom. The van der Waals surface area contributed by atoms with Crippen LogP contribution in [0.5, 0.6) is 0 Å². The zero-order chi connectivity index (χ0) is 16.8. The molecule has 0 radical (unpaired) electrons. The Morgan fingerprint density at radius 3 is 2.71 bits per heavy atom. The van der Waals surface area contributed by atoms with E-state index in [-0.39, 0.29) is 0 Å². The molecular formula is C21H25N3. The molecule has 0 bridgehead atoms. The lowest BCUT2D eigenvalue weighted by atomic mass is 10.0. The van der Waals surface area contributed by atoms with Gasteiger partial charge >= 0.3 is 0 Å². The number of fused-ring (bicyclic) bond motifs is 1. The number of nitrogens with zero attached hydrogens (tertiary/aromatic N) is 2. The van der Waals surface area contributed by atoms with E-state index < -0.39 is 0 Å². The molecule has 1 fully saturated rings. The van der Waals surface area contributed by atoms with Crippen LogP contribution in [0, 0.1) is 13.8 Å². The maximum Gasteiger partial charge on any atom is 0.0689 e. The first kappa shape index (κ1) is 15.3. The second kappa shape index (κ2) is 5.66. The van der Waals surface area contributed by atoms with Crippen molar-refractivity contribution < 1.29 is 0 Å². The first-order valence-corrected chi connectivity index (χ1v) is 8.92. The first-order valence-electron chi connectivity index (χ1n) is 8.92. The summed E-state index contributed by atoms with van der Waals surface area (Å²) in [6, 6.07) is 6.93. The predicted octanol–water partition coefficient (Wildman–Crippen LogP) is 5.49. The molecule has 1 aromatic carbocycles. The standard InChI is InChI=1S/C21H25N3/c1-5-6-7-17-18-12-16(15-8-9-15)10-11-19(18)22-21(17)20-13(2)23-24(4)14(20)3/h6-7,10-12,15,22H,5,8-9H2,1-4H3/b7-6+. The zero-order valence-corrected chi connectivity index (χ0v) is 15.0. The molecule has 1 aliphatic rings. The molecule has 0 saturated heterocycles. The van der Waals surface area contributed by atoms with Crippen LogP contribution in [0.1, 0.15) is 54.6 Å². The Hall–Kier alpha value is -2.29. The highest BCUT2D eigenvalue weighted by Gasteiger charge is 2.25. The fourth-order valence-corrected chi connectivity index (χ4v) is 3.64. The Labute approximate surface area is 143 Å². The average molecular weight is 319 g/mol. The van der Waals surface area contributed by atoms with E-state index in [1.54, 1.807) is 0 Å². The average Bonchev–Trinajstić information content (AvgIpc) is 3.30. The van der Waals surface area contributed by atoms with Crippen LogP contribution in [0.2, 0.25) is 0 Å². The molecule has 0 aliphatic heterocycles. The lowest BCUT2D eigenvalue weighted by Crippen LogP contribution is -1.93. The SMILES string of the molecule is CC/C=C/c1c(-c2c(C)nn(C)c2C)[nH]c2ccc(C3CC3)cc12. The number of H-pyrrole nitrogens is 1. The van der Waals surface area contributed by atoms with Crippen molar-refractivity contribution in [2.75, 3.05) is 0 Å². The molecule has 2 aromatic heterocycles. The molecule has 124 valence electrons. The van der Waals surface area contributed by atoms with Crippen LogP contribution in [0.3, 0.4) is 0 Å². The minimum Gasteiger partial charge on any atom is -0.354 e. The molecule has 1 aliphatic carbocycles. The van der Waals surface area contributed by atoms with E-state index in [1.807, 2.05) is 11.7 Å². The van der Waals surface area contributed by atoms with Crippen LogP contribution in [0.4, 0.5) is 0 Å². The molecule has 3 nitrogen and oxygen atoms in total. The van der Waals surface area contributed by atoms with Gasteiger partial charge in [0.05, 0.1) is 11.4 Å². The molecule has 4 rings (SSSR count). The molecule has 3 aromatic rings. The van der Waals surface area contributed by atoms with Gasteiger partial charge in [0.1, 0.15) is 0 Å². The molecule has 0 atom stereocenters. The van der Waals surface area contributed by atoms with Gasteiger partial charge in [-0.3, -0.25) is 4.68 Å². The molecule has 1 N–H and O–H groups in total. The van der Waals surface area contributed by atoms with E-state index >= 15 is 0 Å². The van der Waals surface area contributed by atoms with E-state index in [0.717, 1.165) is 18.0 Å². The summed E-state index contributed by atoms with van der Waals surface area (Å²) in [5.41, 5.74) is 8.71. The monoisotopic (exact) mass is 319 g/mol. The second-order valence-electron chi connectivity index (χ2n) is 6.97. The molecule has 2 heterocycles. The molecule has 24 heavy (non-hydrogen) atoms. The number of hydrogen-bond donors (Lipinski definition) is 1. The van der Waals surface area contributed by atoms with Gasteiger partial charge in [-0.2, -0.15) is 5.10 Å². The third-order valence-electron chi connectivity index (χ3n) is 5.19. The number of rotatable bonds is 4. The number of aryl methyl sites for hydroxylation is 2. The van der Waals surface area contributed by atoms with Gasteiger partial charge in [-0.25, -0.2) is 0 Å². The third-order valence-corrected chi connectivity index (χ3v) is 5.19. The van der Waals surface area contributed by atoms with E-state index in [9.17, 15) is 0 Å². The van der Waals surface area contributed by atoms with Crippen LogP contribution >= 0.6 is 0 Å². The number of benzene rings is 1. The summed E-state index contributed by atoms with van der Waals surface area (Å²) in [7, 11) is 2.02. The fourth-order valence-electron chi connectivity index (χ4n) is 3.64. The second-order valence-corrected chi connectivity index (χ2v) is 6.97. The maximum absolute atomic E-state index is 4.61. The summed E-state index contributed by atoms with van der Waals surface area (Å²) >= 11 is 0. The van der Waals surface area contributed by atoms with Gasteiger partial charge < -0.3 is 4.98 Å². The topological polar surface area (TPSA) is 33.6 Å². The van der Waals surface area contributed by atoms with Crippen LogP contribution in [0.15, 0.2) is 24.3 Å². The van der Waals surface area contributed by atoms with Gasteiger partial charge in [-0.15, -0.1) is 0 Å². The Morgan fingerprint density at radius 2 is 2.08 bits per heavy atom. The minimum atomic E-state index is 0.776. The van der Waals surface area contributed by atoms with Crippen LogP contribution in [0.25, 0.3) is 28.2 Å². The van der Waals surface area contributed by atoms with Crippen LogP contribution in [-0.4, -0.2) is 14.8 Å². The van der Waals surface area contributed by atoms with Crippen LogP contribution < -0.4 is 0 Å². The van der Waals surface area contributed by atoms with E-state index in [0.29, 0.717) is 0 Å². The highest BCUT2D eigenvalue weighted by molar-refractivity contribution is 5.97. The largest absolute Gasteiger partial charge is 0.354 e. The summed E-state index contributed by atoms with van der Waals surface area (Å²) in [6.45, 7) is 6.42. The Balaban J connectivity index is 1.98. The van der Waals surface area contributed by atoms with Gasteiger partial charge in [0, 0.05) is 34.8 Å². The van der Waals surface area contributed by atoms with Gasteiger partial charge in [-0.1, -0.05) is 25.1 Å². The van der Waals surface area contributed by atoms with Crippen LogP contribution in [-0.2, 0) is 7.05 Å². The maximum atomic E-state index is 4.61. The third kappa shape index (κ3) is 2.39. The summed E-state index contributed by atoms with van der Waals surface area (Å²) in [4.78, 5) is 3.67. The number of aromatic nitrogens is 3. The van der Waals surface area contributed by atoms with Gasteiger partial charge in [0.2, 0.25) is 0 Å². The highest BCUT2D eigenvalue weighted by atomic mass is 15.3. The van der Waals surface area contributed by atoms with Crippen molar-refractivity contribution >= 4 is 17.0 Å². The smallest absolute Gasteiger partial charge is 0.0689 e. The number of aromatic amines is 1. The van der Waals surface area contributed by atoms with Crippen molar-refractivity contribution in [1.82, 2.24) is 14.8 Å².